The van der Waals surface area contributed by atoms with E-state index in [4.69, 9.17) is 0 Å². The van der Waals surface area contributed by atoms with Crippen molar-refractivity contribution in [2.45, 2.75) is 25.1 Å². The standard InChI is InChI=1S/C12H11BrF3NO/c1-17(7-5-6-7)11(18)8-3-2-4-9(10(8)13)12(14,15)16/h2-4,7H,5-6H2,1H3. The molecule has 6 heteroatoms. The van der Waals surface area contributed by atoms with Crippen molar-refractivity contribution in [3.8, 4) is 0 Å². The van der Waals surface area contributed by atoms with Gasteiger partial charge in [-0.15, -0.1) is 0 Å². The fraction of sp³-hybridized carbons (Fsp3) is 0.417. The minimum atomic E-state index is -4.47. The van der Waals surface area contributed by atoms with Crippen LogP contribution in [0.25, 0.3) is 0 Å². The van der Waals surface area contributed by atoms with E-state index in [-0.39, 0.29) is 22.0 Å². The van der Waals surface area contributed by atoms with E-state index in [0.717, 1.165) is 18.9 Å². The Balaban J connectivity index is 2.36. The lowest BCUT2D eigenvalue weighted by atomic mass is 10.1. The van der Waals surface area contributed by atoms with Crippen LogP contribution in [0.5, 0.6) is 0 Å². The molecule has 0 radical (unpaired) electrons. The van der Waals surface area contributed by atoms with Gasteiger partial charge in [-0.1, -0.05) is 6.07 Å². The lowest BCUT2D eigenvalue weighted by molar-refractivity contribution is -0.138. The molecule has 0 heterocycles. The van der Waals surface area contributed by atoms with Gasteiger partial charge in [0.15, 0.2) is 0 Å². The molecule has 2 nitrogen and oxygen atoms in total. The minimum Gasteiger partial charge on any atom is -0.339 e. The number of nitrogens with zero attached hydrogens (tertiary/aromatic N) is 1. The van der Waals surface area contributed by atoms with E-state index in [1.165, 1.54) is 17.0 Å². The zero-order chi connectivity index (χ0) is 13.5. The van der Waals surface area contributed by atoms with E-state index in [1.54, 1.807) is 7.05 Å². The summed E-state index contributed by atoms with van der Waals surface area (Å²) >= 11 is 2.89. The van der Waals surface area contributed by atoms with E-state index >= 15 is 0 Å². The highest BCUT2D eigenvalue weighted by Gasteiger charge is 2.36. The number of carbonyl (C=O) groups is 1. The fourth-order valence-corrected chi connectivity index (χ4v) is 2.39. The van der Waals surface area contributed by atoms with Gasteiger partial charge in [0.05, 0.1) is 11.1 Å². The van der Waals surface area contributed by atoms with E-state index in [0.29, 0.717) is 0 Å². The van der Waals surface area contributed by atoms with Gasteiger partial charge in [-0.2, -0.15) is 13.2 Å². The number of carbonyl (C=O) groups excluding carboxylic acids is 1. The van der Waals surface area contributed by atoms with Crippen molar-refractivity contribution in [1.29, 1.82) is 0 Å². The molecule has 0 spiro atoms. The number of hydrogen-bond acceptors (Lipinski definition) is 1. The number of rotatable bonds is 2. The second-order valence-electron chi connectivity index (χ2n) is 4.31. The SMILES string of the molecule is CN(C(=O)c1cccc(C(F)(F)F)c1Br)C1CC1. The maximum absolute atomic E-state index is 12.7. The van der Waals surface area contributed by atoms with Crippen molar-refractivity contribution in [3.63, 3.8) is 0 Å². The number of amides is 1. The molecule has 0 aliphatic heterocycles. The zero-order valence-electron chi connectivity index (χ0n) is 9.59. The van der Waals surface area contributed by atoms with Crippen LogP contribution in [0.15, 0.2) is 22.7 Å². The van der Waals surface area contributed by atoms with Crippen LogP contribution in [0, 0.1) is 0 Å². The van der Waals surface area contributed by atoms with Gasteiger partial charge in [0.2, 0.25) is 0 Å². The molecule has 0 N–H and O–H groups in total. The van der Waals surface area contributed by atoms with E-state index in [1.807, 2.05) is 0 Å². The second-order valence-corrected chi connectivity index (χ2v) is 5.11. The number of alkyl halides is 3. The van der Waals surface area contributed by atoms with Crippen LogP contribution in [0.4, 0.5) is 13.2 Å². The minimum absolute atomic E-state index is 0.0548. The summed E-state index contributed by atoms with van der Waals surface area (Å²) in [6.45, 7) is 0. The van der Waals surface area contributed by atoms with Crippen molar-refractivity contribution in [3.05, 3.63) is 33.8 Å². The monoisotopic (exact) mass is 321 g/mol. The van der Waals surface area contributed by atoms with E-state index in [9.17, 15) is 18.0 Å². The summed E-state index contributed by atoms with van der Waals surface area (Å²) in [7, 11) is 1.62. The predicted molar refractivity (Wildman–Crippen MR) is 64.3 cm³/mol. The van der Waals surface area contributed by atoms with Crippen LogP contribution in [0.1, 0.15) is 28.8 Å². The highest BCUT2D eigenvalue weighted by molar-refractivity contribution is 9.10. The third-order valence-corrected chi connectivity index (χ3v) is 3.80. The molecule has 0 unspecified atom stereocenters. The first-order chi connectivity index (χ1) is 8.32. The van der Waals surface area contributed by atoms with Gasteiger partial charge in [0, 0.05) is 17.6 Å². The molecular formula is C12H11BrF3NO. The van der Waals surface area contributed by atoms with Gasteiger partial charge in [0.1, 0.15) is 0 Å². The van der Waals surface area contributed by atoms with Gasteiger partial charge in [-0.25, -0.2) is 0 Å². The third-order valence-electron chi connectivity index (χ3n) is 2.95. The number of halogens is 4. The summed E-state index contributed by atoms with van der Waals surface area (Å²) in [5.41, 5.74) is -0.767. The van der Waals surface area contributed by atoms with E-state index in [2.05, 4.69) is 15.9 Å². The lowest BCUT2D eigenvalue weighted by Gasteiger charge is -2.18. The lowest BCUT2D eigenvalue weighted by Crippen LogP contribution is -2.29. The molecule has 0 aromatic heterocycles. The summed E-state index contributed by atoms with van der Waals surface area (Å²) in [6, 6.07) is 3.78. The van der Waals surface area contributed by atoms with Gasteiger partial charge in [0.25, 0.3) is 5.91 Å². The fourth-order valence-electron chi connectivity index (χ4n) is 1.73. The Morgan fingerprint density at radius 3 is 2.50 bits per heavy atom. The molecule has 98 valence electrons. The Hall–Kier alpha value is -1.04. The molecule has 0 saturated heterocycles. The second kappa shape index (κ2) is 4.57. The molecule has 0 atom stereocenters. The molecule has 2 rings (SSSR count). The Labute approximate surface area is 111 Å². The van der Waals surface area contributed by atoms with Crippen LogP contribution in [-0.2, 0) is 6.18 Å². The molecule has 1 aromatic rings. The van der Waals surface area contributed by atoms with Crippen molar-refractivity contribution in [2.24, 2.45) is 0 Å². The maximum atomic E-state index is 12.7. The molecule has 1 aliphatic rings. The first-order valence-electron chi connectivity index (χ1n) is 5.45. The van der Waals surface area contributed by atoms with Crippen molar-refractivity contribution >= 4 is 21.8 Å². The normalized spacial score (nSPS) is 15.6. The van der Waals surface area contributed by atoms with Crippen LogP contribution in [0.2, 0.25) is 0 Å². The summed E-state index contributed by atoms with van der Waals surface area (Å²) in [4.78, 5) is 13.6. The Kier molecular flexibility index (Phi) is 3.40. The van der Waals surface area contributed by atoms with Crippen LogP contribution in [-0.4, -0.2) is 23.9 Å². The molecule has 18 heavy (non-hydrogen) atoms. The topological polar surface area (TPSA) is 20.3 Å². The molecular weight excluding hydrogens is 311 g/mol. The highest BCUT2D eigenvalue weighted by Crippen LogP contribution is 2.37. The molecule has 1 fully saturated rings. The highest BCUT2D eigenvalue weighted by atomic mass is 79.9. The van der Waals surface area contributed by atoms with Crippen LogP contribution < -0.4 is 0 Å². The van der Waals surface area contributed by atoms with Gasteiger partial charge < -0.3 is 4.90 Å². The van der Waals surface area contributed by atoms with Gasteiger partial charge in [-0.3, -0.25) is 4.79 Å². The van der Waals surface area contributed by atoms with E-state index < -0.39 is 11.7 Å². The quantitative estimate of drug-likeness (QED) is 0.813. The largest absolute Gasteiger partial charge is 0.417 e. The Morgan fingerprint density at radius 1 is 1.39 bits per heavy atom. The van der Waals surface area contributed by atoms with Crippen LogP contribution >= 0.6 is 15.9 Å². The average molecular weight is 322 g/mol. The molecule has 0 bridgehead atoms. The maximum Gasteiger partial charge on any atom is 0.417 e. The Bertz CT molecular complexity index is 483. The van der Waals surface area contributed by atoms with Crippen LogP contribution in [0.3, 0.4) is 0 Å². The van der Waals surface area contributed by atoms with Gasteiger partial charge in [-0.05, 0) is 40.9 Å². The molecule has 1 aromatic carbocycles. The van der Waals surface area contributed by atoms with Crippen molar-refractivity contribution in [1.82, 2.24) is 4.90 Å². The summed E-state index contributed by atoms with van der Waals surface area (Å²) in [5, 5.41) is 0. The number of benzene rings is 1. The molecule has 1 saturated carbocycles. The summed E-state index contributed by atoms with van der Waals surface area (Å²) in [5.74, 6) is -0.379. The zero-order valence-corrected chi connectivity index (χ0v) is 11.2. The van der Waals surface area contributed by atoms with Gasteiger partial charge >= 0.3 is 6.18 Å². The number of hydrogen-bond donors (Lipinski definition) is 0. The molecule has 1 aliphatic carbocycles. The smallest absolute Gasteiger partial charge is 0.339 e. The first-order valence-corrected chi connectivity index (χ1v) is 6.24. The third kappa shape index (κ3) is 2.53. The van der Waals surface area contributed by atoms with Crippen molar-refractivity contribution < 1.29 is 18.0 Å². The Morgan fingerprint density at radius 2 is 2.00 bits per heavy atom. The average Bonchev–Trinajstić information content (AvgIpc) is 3.09. The first kappa shape index (κ1) is 13.4. The van der Waals surface area contributed by atoms with Crippen molar-refractivity contribution in [2.75, 3.05) is 7.05 Å². The predicted octanol–water partition coefficient (Wildman–Crippen LogP) is 3.70. The molecule has 1 amide bonds. The summed E-state index contributed by atoms with van der Waals surface area (Å²) < 4.78 is 37.9. The summed E-state index contributed by atoms with van der Waals surface area (Å²) in [6.07, 6.45) is -2.63.